The minimum absolute atomic E-state index is 0.541. The first kappa shape index (κ1) is 36.6. The Morgan fingerprint density at radius 3 is 1.52 bits per heavy atom. The van der Waals surface area contributed by atoms with Crippen LogP contribution < -0.4 is 0 Å². The number of pyridine rings is 1. The third-order valence-electron chi connectivity index (χ3n) is 12.7. The molecule has 1 aliphatic rings. The average molecular weight is 802 g/mol. The number of nitrogens with zero attached hydrogens (tertiary/aromatic N) is 3. The second-order valence-corrected chi connectivity index (χ2v) is 16.3. The summed E-state index contributed by atoms with van der Waals surface area (Å²) in [7, 11) is 0. The van der Waals surface area contributed by atoms with E-state index in [1.165, 1.54) is 44.2 Å². The highest BCUT2D eigenvalue weighted by atomic mass is 14.9. The fraction of sp³-hybridized carbons (Fsp3) is 0.0167. The highest BCUT2D eigenvalue weighted by Crippen LogP contribution is 2.57. The Morgan fingerprint density at radius 1 is 0.286 bits per heavy atom. The number of hydrogen-bond donors (Lipinski definition) is 0. The zero-order valence-electron chi connectivity index (χ0n) is 34.4. The van der Waals surface area contributed by atoms with Gasteiger partial charge in [-0.2, -0.15) is 0 Å². The highest BCUT2D eigenvalue weighted by Gasteiger charge is 2.46. The molecule has 12 rings (SSSR count). The van der Waals surface area contributed by atoms with E-state index in [1.54, 1.807) is 0 Å². The van der Waals surface area contributed by atoms with E-state index >= 15 is 0 Å². The molecule has 0 aliphatic heterocycles. The van der Waals surface area contributed by atoms with Gasteiger partial charge in [-0.3, -0.25) is 0 Å². The second-order valence-electron chi connectivity index (χ2n) is 16.3. The van der Waals surface area contributed by atoms with Gasteiger partial charge in [-0.25, -0.2) is 15.0 Å². The van der Waals surface area contributed by atoms with Gasteiger partial charge in [0.1, 0.15) is 0 Å². The van der Waals surface area contributed by atoms with Crippen molar-refractivity contribution in [3.8, 4) is 67.4 Å². The molecule has 0 atom stereocenters. The topological polar surface area (TPSA) is 38.7 Å². The predicted molar refractivity (Wildman–Crippen MR) is 259 cm³/mol. The molecule has 2 heterocycles. The highest BCUT2D eigenvalue weighted by molar-refractivity contribution is 6.03. The lowest BCUT2D eigenvalue weighted by Gasteiger charge is -2.34. The van der Waals surface area contributed by atoms with Gasteiger partial charge < -0.3 is 0 Å². The minimum Gasteiger partial charge on any atom is -0.248 e. The first-order valence-corrected chi connectivity index (χ1v) is 21.5. The number of rotatable bonds is 7. The molecule has 0 amide bonds. The van der Waals surface area contributed by atoms with Crippen molar-refractivity contribution >= 4 is 21.7 Å². The normalized spacial score (nSPS) is 12.6. The van der Waals surface area contributed by atoms with E-state index < -0.39 is 5.41 Å². The average Bonchev–Trinajstić information content (AvgIpc) is 3.66. The van der Waals surface area contributed by atoms with Crippen molar-refractivity contribution < 1.29 is 0 Å². The number of hydrogen-bond acceptors (Lipinski definition) is 3. The smallest absolute Gasteiger partial charge is 0.160 e. The van der Waals surface area contributed by atoms with Crippen molar-refractivity contribution in [3.05, 3.63) is 259 Å². The summed E-state index contributed by atoms with van der Waals surface area (Å²) in [5, 5.41) is 3.47. The molecule has 0 fully saturated rings. The number of fused-ring (bicyclic) bond motifs is 5. The predicted octanol–water partition coefficient (Wildman–Crippen LogP) is 14.9. The van der Waals surface area contributed by atoms with Crippen molar-refractivity contribution in [2.45, 2.75) is 5.41 Å². The van der Waals surface area contributed by atoms with Crippen molar-refractivity contribution in [2.75, 3.05) is 0 Å². The summed E-state index contributed by atoms with van der Waals surface area (Å²) >= 11 is 0. The quantitative estimate of drug-likeness (QED) is 0.161. The van der Waals surface area contributed by atoms with Gasteiger partial charge in [0.25, 0.3) is 0 Å². The zero-order chi connectivity index (χ0) is 41.7. The van der Waals surface area contributed by atoms with E-state index in [-0.39, 0.29) is 0 Å². The molecule has 0 saturated heterocycles. The molecule has 0 bridgehead atoms. The van der Waals surface area contributed by atoms with Crippen LogP contribution in [-0.2, 0) is 5.41 Å². The van der Waals surface area contributed by atoms with Gasteiger partial charge in [0, 0.05) is 27.6 Å². The molecule has 9 aromatic carbocycles. The Balaban J connectivity index is 1.12. The molecule has 1 aliphatic carbocycles. The maximum atomic E-state index is 5.58. The van der Waals surface area contributed by atoms with Gasteiger partial charge >= 0.3 is 0 Å². The van der Waals surface area contributed by atoms with Gasteiger partial charge in [0.2, 0.25) is 0 Å². The molecule has 63 heavy (non-hydrogen) atoms. The van der Waals surface area contributed by atoms with Gasteiger partial charge in [0.05, 0.1) is 28.0 Å². The number of aromatic nitrogens is 3. The lowest BCUT2D eigenvalue weighted by molar-refractivity contribution is 0.769. The third kappa shape index (κ3) is 6.16. The summed E-state index contributed by atoms with van der Waals surface area (Å²) in [4.78, 5) is 16.0. The van der Waals surface area contributed by atoms with E-state index in [0.29, 0.717) is 5.82 Å². The van der Waals surface area contributed by atoms with Gasteiger partial charge in [0.15, 0.2) is 5.82 Å². The number of benzene rings is 9. The van der Waals surface area contributed by atoms with Gasteiger partial charge in [-0.15, -0.1) is 0 Å². The monoisotopic (exact) mass is 801 g/mol. The summed E-state index contributed by atoms with van der Waals surface area (Å²) in [6.07, 6.45) is 0. The van der Waals surface area contributed by atoms with Crippen molar-refractivity contribution in [2.24, 2.45) is 0 Å². The molecule has 2 aromatic heterocycles. The largest absolute Gasteiger partial charge is 0.248 e. The third-order valence-corrected chi connectivity index (χ3v) is 12.7. The fourth-order valence-electron chi connectivity index (χ4n) is 9.81. The molecular formula is C60H39N3. The summed E-state index contributed by atoms with van der Waals surface area (Å²) in [5.41, 5.74) is 16.8. The van der Waals surface area contributed by atoms with E-state index in [9.17, 15) is 0 Å². The first-order valence-electron chi connectivity index (χ1n) is 21.5. The summed E-state index contributed by atoms with van der Waals surface area (Å²) in [6, 6.07) is 84.6. The molecular weight excluding hydrogens is 763 g/mol. The lowest BCUT2D eigenvalue weighted by atomic mass is 9.67. The van der Waals surface area contributed by atoms with Crippen LogP contribution in [0.15, 0.2) is 237 Å². The second kappa shape index (κ2) is 15.0. The van der Waals surface area contributed by atoms with Crippen molar-refractivity contribution in [1.82, 2.24) is 15.0 Å². The van der Waals surface area contributed by atoms with Crippen LogP contribution in [0.3, 0.4) is 0 Å². The van der Waals surface area contributed by atoms with Crippen LogP contribution in [0.5, 0.6) is 0 Å². The van der Waals surface area contributed by atoms with Crippen molar-refractivity contribution in [3.63, 3.8) is 0 Å². The Hall–Kier alpha value is -8.27. The van der Waals surface area contributed by atoms with Gasteiger partial charge in [-0.1, -0.05) is 200 Å². The molecule has 3 heteroatoms. The van der Waals surface area contributed by atoms with E-state index in [1.807, 2.05) is 12.1 Å². The van der Waals surface area contributed by atoms with Crippen LogP contribution in [0.1, 0.15) is 22.3 Å². The Bertz CT molecular complexity index is 3390. The van der Waals surface area contributed by atoms with Crippen LogP contribution in [0.25, 0.3) is 89.1 Å². The Morgan fingerprint density at radius 2 is 0.841 bits per heavy atom. The Kier molecular flexibility index (Phi) is 8.72. The molecule has 3 nitrogen and oxygen atoms in total. The molecule has 0 spiro atoms. The standard InChI is InChI=1S/C60H39N3/c1-5-19-41(20-6-1)56-39-57(42-21-7-2-8-22-42)63-59(62-56)46-25-17-24-44(35-46)50-37-55(45-33-32-40-18-13-14-23-43(40)34-45)61-58-38-54-51(36-52(50)58)49-30-15-16-31-53(49)60(54,47-26-9-3-10-27-47)48-28-11-4-12-29-48/h1-39H. The Labute approximate surface area is 366 Å². The summed E-state index contributed by atoms with van der Waals surface area (Å²) in [5.74, 6) is 0.676. The van der Waals surface area contributed by atoms with Crippen LogP contribution in [0, 0.1) is 0 Å². The molecule has 11 aromatic rings. The van der Waals surface area contributed by atoms with Crippen molar-refractivity contribution in [1.29, 1.82) is 0 Å². The van der Waals surface area contributed by atoms with E-state index in [4.69, 9.17) is 15.0 Å². The van der Waals surface area contributed by atoms with E-state index in [2.05, 4.69) is 224 Å². The van der Waals surface area contributed by atoms with E-state index in [0.717, 1.165) is 61.4 Å². The van der Waals surface area contributed by atoms with Gasteiger partial charge in [-0.05, 0) is 91.7 Å². The minimum atomic E-state index is -0.541. The van der Waals surface area contributed by atoms with Crippen LogP contribution in [0.2, 0.25) is 0 Å². The van der Waals surface area contributed by atoms with Crippen LogP contribution >= 0.6 is 0 Å². The SMILES string of the molecule is c1ccc(-c2cc(-c3ccccc3)nc(-c3cccc(-c4cc(-c5ccc6ccccc6c5)nc5cc6c(cc45)-c4ccccc4C6(c4ccccc4)c4ccccc4)c3)n2)cc1. The maximum absolute atomic E-state index is 5.58. The summed E-state index contributed by atoms with van der Waals surface area (Å²) < 4.78 is 0. The molecule has 0 N–H and O–H groups in total. The lowest BCUT2D eigenvalue weighted by Crippen LogP contribution is -2.28. The molecule has 0 unspecified atom stereocenters. The molecule has 0 radical (unpaired) electrons. The zero-order valence-corrected chi connectivity index (χ0v) is 34.4. The maximum Gasteiger partial charge on any atom is 0.160 e. The molecule has 0 saturated carbocycles. The fourth-order valence-corrected chi connectivity index (χ4v) is 9.81. The molecule has 294 valence electrons. The first-order chi connectivity index (χ1) is 31.2. The van der Waals surface area contributed by atoms with Crippen LogP contribution in [-0.4, -0.2) is 15.0 Å². The van der Waals surface area contributed by atoms with Crippen LogP contribution in [0.4, 0.5) is 0 Å². The summed E-state index contributed by atoms with van der Waals surface area (Å²) in [6.45, 7) is 0.